The van der Waals surface area contributed by atoms with Gasteiger partial charge in [-0.3, -0.25) is 4.79 Å². The largest absolute Gasteiger partial charge is 0.452 e. The number of sulfonamides is 1. The minimum atomic E-state index is -4.87. The number of aromatic nitrogens is 1. The fraction of sp³-hybridized carbons (Fsp3) is 0.259. The van der Waals surface area contributed by atoms with Gasteiger partial charge in [0.2, 0.25) is 11.7 Å². The Hall–Kier alpha value is -3.76. The number of nitrogens with zero attached hydrogens (tertiary/aromatic N) is 2. The van der Waals surface area contributed by atoms with Crippen LogP contribution in [0.15, 0.2) is 57.3 Å². The van der Waals surface area contributed by atoms with Gasteiger partial charge in [0.05, 0.1) is 16.9 Å². The van der Waals surface area contributed by atoms with Crippen LogP contribution in [0.2, 0.25) is 0 Å². The van der Waals surface area contributed by atoms with Gasteiger partial charge in [0, 0.05) is 24.8 Å². The average Bonchev–Trinajstić information content (AvgIpc) is 3.60. The SMILES string of the molecule is Cc1ccc2c(c1NC(=O)Cc1ccc(C(F)(F)F)c(F)c1)CCN(S(=O)(=O)c1ccc(-c3cc(C(F)(F)F)on3)s1)C2. The molecule has 2 aromatic carbocycles. The Labute approximate surface area is 244 Å². The van der Waals surface area contributed by atoms with E-state index in [9.17, 15) is 43.9 Å². The summed E-state index contributed by atoms with van der Waals surface area (Å²) < 4.78 is 123. The molecule has 1 aliphatic rings. The van der Waals surface area contributed by atoms with Gasteiger partial charge in [-0.1, -0.05) is 23.4 Å². The zero-order chi connectivity index (χ0) is 31.3. The minimum Gasteiger partial charge on any atom is -0.351 e. The molecule has 0 fully saturated rings. The highest BCUT2D eigenvalue weighted by Crippen LogP contribution is 2.38. The maximum atomic E-state index is 13.9. The highest BCUT2D eigenvalue weighted by Gasteiger charge is 2.37. The first-order chi connectivity index (χ1) is 20.0. The molecular formula is C27H20F7N3O4S2. The fourth-order valence-corrected chi connectivity index (χ4v) is 7.47. The highest BCUT2D eigenvalue weighted by molar-refractivity contribution is 7.91. The van der Waals surface area contributed by atoms with E-state index in [0.29, 0.717) is 40.6 Å². The number of nitrogens with one attached hydrogen (secondary N) is 1. The van der Waals surface area contributed by atoms with Crippen LogP contribution in [0, 0.1) is 12.7 Å². The number of thiophene rings is 1. The molecule has 0 saturated carbocycles. The van der Waals surface area contributed by atoms with Crippen molar-refractivity contribution in [2.24, 2.45) is 0 Å². The zero-order valence-electron chi connectivity index (χ0n) is 21.9. The van der Waals surface area contributed by atoms with E-state index in [-0.39, 0.29) is 39.9 Å². The monoisotopic (exact) mass is 647 g/mol. The molecule has 3 heterocycles. The van der Waals surface area contributed by atoms with E-state index < -0.39 is 51.8 Å². The highest BCUT2D eigenvalue weighted by atomic mass is 32.2. The third kappa shape index (κ3) is 6.31. The van der Waals surface area contributed by atoms with Crippen LogP contribution in [0.1, 0.15) is 33.6 Å². The van der Waals surface area contributed by atoms with Crippen molar-refractivity contribution in [3.8, 4) is 10.6 Å². The van der Waals surface area contributed by atoms with Crippen LogP contribution in [0.4, 0.5) is 36.4 Å². The smallest absolute Gasteiger partial charge is 0.351 e. The molecule has 16 heteroatoms. The summed E-state index contributed by atoms with van der Waals surface area (Å²) in [5, 5.41) is 6.11. The number of carbonyl (C=O) groups is 1. The maximum Gasteiger partial charge on any atom is 0.452 e. The van der Waals surface area contributed by atoms with Crippen molar-refractivity contribution in [3.05, 3.63) is 87.9 Å². The Balaban J connectivity index is 1.31. The number of rotatable bonds is 6. The molecule has 0 spiro atoms. The van der Waals surface area contributed by atoms with Gasteiger partial charge in [0.25, 0.3) is 10.0 Å². The molecule has 43 heavy (non-hydrogen) atoms. The summed E-state index contributed by atoms with van der Waals surface area (Å²) in [4.78, 5) is 12.9. The number of benzene rings is 2. The van der Waals surface area contributed by atoms with Crippen molar-refractivity contribution in [3.63, 3.8) is 0 Å². The first kappa shape index (κ1) is 30.7. The zero-order valence-corrected chi connectivity index (χ0v) is 23.6. The molecule has 1 amide bonds. The summed E-state index contributed by atoms with van der Waals surface area (Å²) >= 11 is 0.744. The normalized spacial score (nSPS) is 14.5. The van der Waals surface area contributed by atoms with Crippen molar-refractivity contribution >= 4 is 33.0 Å². The van der Waals surface area contributed by atoms with Crippen molar-refractivity contribution in [2.75, 3.05) is 11.9 Å². The van der Waals surface area contributed by atoms with Crippen LogP contribution in [-0.4, -0.2) is 30.3 Å². The predicted octanol–water partition coefficient (Wildman–Crippen LogP) is 6.82. The van der Waals surface area contributed by atoms with Crippen LogP contribution in [0.3, 0.4) is 0 Å². The van der Waals surface area contributed by atoms with Gasteiger partial charge < -0.3 is 9.84 Å². The molecule has 0 unspecified atom stereocenters. The van der Waals surface area contributed by atoms with Crippen LogP contribution in [0.25, 0.3) is 10.6 Å². The summed E-state index contributed by atoms with van der Waals surface area (Å²) in [7, 11) is -4.05. The van der Waals surface area contributed by atoms with Crippen LogP contribution in [-0.2, 0) is 46.6 Å². The number of hydrogen-bond donors (Lipinski definition) is 1. The van der Waals surface area contributed by atoms with Gasteiger partial charge >= 0.3 is 12.4 Å². The van der Waals surface area contributed by atoms with Crippen molar-refractivity contribution in [2.45, 2.75) is 42.9 Å². The Morgan fingerprint density at radius 3 is 2.44 bits per heavy atom. The fourth-order valence-electron chi connectivity index (χ4n) is 4.64. The van der Waals surface area contributed by atoms with E-state index in [1.165, 1.54) is 16.4 Å². The molecule has 0 radical (unpaired) electrons. The molecule has 4 aromatic rings. The number of fused-ring (bicyclic) bond motifs is 1. The Morgan fingerprint density at radius 1 is 1.05 bits per heavy atom. The Kier molecular flexibility index (Phi) is 7.89. The average molecular weight is 648 g/mol. The van der Waals surface area contributed by atoms with Crippen molar-refractivity contribution in [1.29, 1.82) is 0 Å². The Bertz CT molecular complexity index is 1810. The summed E-state index contributed by atoms with van der Waals surface area (Å²) in [6, 6.07) is 8.94. The molecule has 0 saturated heterocycles. The molecule has 2 aromatic heterocycles. The standard InChI is InChI=1S/C27H20F7N3O4S2/c1-14-2-4-16-13-37(43(39,40)24-7-6-21(42-24)20-12-22(41-36-20)27(32,33)34)9-8-17(16)25(14)35-23(38)11-15-3-5-18(19(28)10-15)26(29,30)31/h2-7,10,12H,8-9,11,13H2,1H3,(H,35,38). The molecule has 0 bridgehead atoms. The Morgan fingerprint density at radius 2 is 1.79 bits per heavy atom. The van der Waals surface area contributed by atoms with Gasteiger partial charge in [-0.05, 0) is 59.9 Å². The molecule has 1 N–H and O–H groups in total. The number of amides is 1. The summed E-state index contributed by atoms with van der Waals surface area (Å²) in [5.74, 6) is -3.40. The molecule has 228 valence electrons. The number of halogens is 7. The predicted molar refractivity (Wildman–Crippen MR) is 141 cm³/mol. The second-order valence-corrected chi connectivity index (χ2v) is 13.0. The van der Waals surface area contributed by atoms with Gasteiger partial charge in [0.1, 0.15) is 15.7 Å². The first-order valence-corrected chi connectivity index (χ1v) is 14.7. The first-order valence-electron chi connectivity index (χ1n) is 12.4. The third-order valence-electron chi connectivity index (χ3n) is 6.76. The lowest BCUT2D eigenvalue weighted by molar-refractivity contribution is -0.155. The summed E-state index contributed by atoms with van der Waals surface area (Å²) in [6.07, 6.45) is -9.79. The lowest BCUT2D eigenvalue weighted by atomic mass is 9.95. The van der Waals surface area contributed by atoms with Crippen molar-refractivity contribution < 1.29 is 48.5 Å². The molecule has 0 aliphatic carbocycles. The van der Waals surface area contributed by atoms with E-state index in [1.54, 1.807) is 19.1 Å². The van der Waals surface area contributed by atoms with Crippen LogP contribution in [0.5, 0.6) is 0 Å². The second kappa shape index (κ2) is 11.1. The van der Waals surface area contributed by atoms with Gasteiger partial charge in [0.15, 0.2) is 0 Å². The van der Waals surface area contributed by atoms with Gasteiger partial charge in [-0.15, -0.1) is 11.3 Å². The van der Waals surface area contributed by atoms with Crippen LogP contribution >= 0.6 is 11.3 Å². The topological polar surface area (TPSA) is 92.5 Å². The number of alkyl halides is 6. The summed E-state index contributed by atoms with van der Waals surface area (Å²) in [6.45, 7) is 1.69. The number of anilines is 1. The van der Waals surface area contributed by atoms with Crippen LogP contribution < -0.4 is 5.32 Å². The third-order valence-corrected chi connectivity index (χ3v) is 10.2. The lowest BCUT2D eigenvalue weighted by Gasteiger charge is -2.29. The second-order valence-electron chi connectivity index (χ2n) is 9.71. The van der Waals surface area contributed by atoms with E-state index in [4.69, 9.17) is 0 Å². The van der Waals surface area contributed by atoms with Gasteiger partial charge in [-0.2, -0.15) is 30.6 Å². The quantitative estimate of drug-likeness (QED) is 0.232. The number of hydrogen-bond acceptors (Lipinski definition) is 6. The number of aryl methyl sites for hydroxylation is 1. The molecular weight excluding hydrogens is 627 g/mol. The van der Waals surface area contributed by atoms with E-state index in [1.807, 2.05) is 0 Å². The van der Waals surface area contributed by atoms with E-state index >= 15 is 0 Å². The summed E-state index contributed by atoms with van der Waals surface area (Å²) in [5.41, 5.74) is 0.812. The van der Waals surface area contributed by atoms with Crippen molar-refractivity contribution in [1.82, 2.24) is 9.46 Å². The lowest BCUT2D eigenvalue weighted by Crippen LogP contribution is -2.36. The minimum absolute atomic E-state index is 0.0290. The molecule has 7 nitrogen and oxygen atoms in total. The molecule has 1 aliphatic heterocycles. The molecule has 0 atom stereocenters. The van der Waals surface area contributed by atoms with Gasteiger partial charge in [-0.25, -0.2) is 12.8 Å². The van der Waals surface area contributed by atoms with E-state index in [2.05, 4.69) is 15.0 Å². The molecule has 5 rings (SSSR count). The maximum absolute atomic E-state index is 13.9. The number of carbonyl (C=O) groups excluding carboxylic acids is 1. The van der Waals surface area contributed by atoms with E-state index in [0.717, 1.165) is 17.4 Å².